The number of hydrogen-bond acceptors (Lipinski definition) is 4. The van der Waals surface area contributed by atoms with E-state index in [4.69, 9.17) is 4.74 Å². The summed E-state index contributed by atoms with van der Waals surface area (Å²) in [6.45, 7) is 3.58. The molecule has 2 aliphatic rings. The molecule has 1 aliphatic carbocycles. The molecule has 0 aromatic heterocycles. The lowest BCUT2D eigenvalue weighted by atomic mass is 9.97. The van der Waals surface area contributed by atoms with Crippen LogP contribution in [0.4, 0.5) is 10.5 Å². The van der Waals surface area contributed by atoms with Crippen LogP contribution in [0.3, 0.4) is 0 Å². The van der Waals surface area contributed by atoms with Crippen molar-refractivity contribution in [3.05, 3.63) is 29.8 Å². The van der Waals surface area contributed by atoms with Crippen LogP contribution in [0.5, 0.6) is 0 Å². The molecule has 1 aliphatic heterocycles. The van der Waals surface area contributed by atoms with Gasteiger partial charge in [-0.2, -0.15) is 0 Å². The van der Waals surface area contributed by atoms with Gasteiger partial charge in [-0.15, -0.1) is 0 Å². The van der Waals surface area contributed by atoms with Gasteiger partial charge in [-0.3, -0.25) is 4.79 Å². The van der Waals surface area contributed by atoms with E-state index >= 15 is 0 Å². The van der Waals surface area contributed by atoms with Crippen LogP contribution in [0.25, 0.3) is 0 Å². The summed E-state index contributed by atoms with van der Waals surface area (Å²) in [4.78, 5) is 38.5. The number of amides is 3. The smallest absolute Gasteiger partial charge is 0.338 e. The number of rotatable bonds is 7. The van der Waals surface area contributed by atoms with E-state index in [0.717, 1.165) is 38.5 Å². The summed E-state index contributed by atoms with van der Waals surface area (Å²) >= 11 is 0. The maximum Gasteiger partial charge on any atom is 0.338 e. The summed E-state index contributed by atoms with van der Waals surface area (Å²) in [7, 11) is 0. The highest BCUT2D eigenvalue weighted by Gasteiger charge is 2.31. The molecular weight excluding hydrogens is 358 g/mol. The van der Waals surface area contributed by atoms with Gasteiger partial charge in [0.1, 0.15) is 0 Å². The number of piperidine rings is 1. The third kappa shape index (κ3) is 5.71. The highest BCUT2D eigenvalue weighted by atomic mass is 16.5. The summed E-state index contributed by atoms with van der Waals surface area (Å²) < 4.78 is 5.18. The molecule has 7 heteroatoms. The Hall–Kier alpha value is -2.57. The van der Waals surface area contributed by atoms with Gasteiger partial charge >= 0.3 is 12.0 Å². The number of benzene rings is 1. The van der Waals surface area contributed by atoms with Gasteiger partial charge in [0.25, 0.3) is 0 Å². The lowest BCUT2D eigenvalue weighted by Gasteiger charge is -2.32. The Morgan fingerprint density at radius 1 is 1.14 bits per heavy atom. The van der Waals surface area contributed by atoms with E-state index in [1.807, 2.05) is 6.92 Å². The van der Waals surface area contributed by atoms with Crippen LogP contribution >= 0.6 is 0 Å². The Kier molecular flexibility index (Phi) is 6.90. The van der Waals surface area contributed by atoms with Gasteiger partial charge < -0.3 is 20.3 Å². The van der Waals surface area contributed by atoms with E-state index in [1.165, 1.54) is 0 Å². The molecule has 0 radical (unpaired) electrons. The second-order valence-electron chi connectivity index (χ2n) is 7.57. The number of hydrogen-bond donors (Lipinski definition) is 2. The Morgan fingerprint density at radius 3 is 2.57 bits per heavy atom. The minimum Gasteiger partial charge on any atom is -0.462 e. The van der Waals surface area contributed by atoms with E-state index < -0.39 is 0 Å². The fourth-order valence-electron chi connectivity index (χ4n) is 3.20. The second-order valence-corrected chi connectivity index (χ2v) is 7.57. The van der Waals surface area contributed by atoms with E-state index in [-0.39, 0.29) is 23.8 Å². The van der Waals surface area contributed by atoms with Crippen LogP contribution < -0.4 is 10.6 Å². The number of urea groups is 1. The molecule has 1 heterocycles. The first kappa shape index (κ1) is 20.2. The number of ether oxygens (including phenoxy) is 1. The van der Waals surface area contributed by atoms with Gasteiger partial charge in [-0.25, -0.2) is 9.59 Å². The molecule has 2 N–H and O–H groups in total. The number of esters is 1. The van der Waals surface area contributed by atoms with Gasteiger partial charge in [-0.05, 0) is 56.4 Å². The van der Waals surface area contributed by atoms with E-state index in [0.29, 0.717) is 37.0 Å². The molecule has 3 amide bonds. The minimum atomic E-state index is -0.351. The molecule has 1 saturated carbocycles. The lowest BCUT2D eigenvalue weighted by Crippen LogP contribution is -2.48. The fourth-order valence-corrected chi connectivity index (χ4v) is 3.20. The van der Waals surface area contributed by atoms with E-state index in [1.54, 1.807) is 29.2 Å². The predicted molar refractivity (Wildman–Crippen MR) is 106 cm³/mol. The van der Waals surface area contributed by atoms with Crippen LogP contribution in [0, 0.1) is 5.92 Å². The number of unbranched alkanes of at least 4 members (excludes halogenated alkanes) is 1. The molecule has 28 heavy (non-hydrogen) atoms. The Morgan fingerprint density at radius 2 is 1.89 bits per heavy atom. The number of nitrogens with one attached hydrogen (secondary N) is 2. The Balaban J connectivity index is 1.49. The van der Waals surface area contributed by atoms with Crippen LogP contribution in [-0.4, -0.2) is 48.5 Å². The molecule has 7 nitrogen and oxygen atoms in total. The van der Waals surface area contributed by atoms with Gasteiger partial charge in [0.2, 0.25) is 5.91 Å². The normalized spacial score (nSPS) is 19.0. The zero-order valence-corrected chi connectivity index (χ0v) is 16.4. The van der Waals surface area contributed by atoms with Crippen molar-refractivity contribution in [1.29, 1.82) is 0 Å². The van der Waals surface area contributed by atoms with Crippen molar-refractivity contribution in [1.82, 2.24) is 10.2 Å². The van der Waals surface area contributed by atoms with Crippen molar-refractivity contribution in [2.75, 3.05) is 25.0 Å². The average molecular weight is 387 g/mol. The first-order valence-electron chi connectivity index (χ1n) is 10.2. The SMILES string of the molecule is CCCCOC(=O)c1ccc(NC(=O)C2CCCN(C(=O)NC3CC3)C2)cc1. The van der Waals surface area contributed by atoms with Crippen LogP contribution in [0.2, 0.25) is 0 Å². The van der Waals surface area contributed by atoms with Crippen LogP contribution in [-0.2, 0) is 9.53 Å². The van der Waals surface area contributed by atoms with Gasteiger partial charge in [0, 0.05) is 24.8 Å². The van der Waals surface area contributed by atoms with Crippen LogP contribution in [0.1, 0.15) is 55.8 Å². The van der Waals surface area contributed by atoms with Crippen molar-refractivity contribution in [2.24, 2.45) is 5.92 Å². The predicted octanol–water partition coefficient (Wildman–Crippen LogP) is 3.17. The number of nitrogens with zero attached hydrogens (tertiary/aromatic N) is 1. The molecule has 1 saturated heterocycles. The highest BCUT2D eigenvalue weighted by molar-refractivity contribution is 5.94. The molecule has 3 rings (SSSR count). The third-order valence-corrected chi connectivity index (χ3v) is 5.10. The summed E-state index contributed by atoms with van der Waals surface area (Å²) in [5.74, 6) is -0.671. The summed E-state index contributed by atoms with van der Waals surface area (Å²) in [6.07, 6.45) is 5.49. The molecule has 1 unspecified atom stereocenters. The molecule has 1 atom stereocenters. The molecule has 2 fully saturated rings. The Labute approximate surface area is 165 Å². The number of anilines is 1. The number of carbonyl (C=O) groups is 3. The molecular formula is C21H29N3O4. The molecule has 0 bridgehead atoms. The van der Waals surface area contributed by atoms with Gasteiger partial charge in [0.05, 0.1) is 18.1 Å². The van der Waals surface area contributed by atoms with Crippen molar-refractivity contribution in [2.45, 2.75) is 51.5 Å². The third-order valence-electron chi connectivity index (χ3n) is 5.10. The van der Waals surface area contributed by atoms with Gasteiger partial charge in [-0.1, -0.05) is 13.3 Å². The molecule has 1 aromatic rings. The van der Waals surface area contributed by atoms with Crippen molar-refractivity contribution < 1.29 is 19.1 Å². The number of likely N-dealkylation sites (tertiary alicyclic amines) is 1. The largest absolute Gasteiger partial charge is 0.462 e. The van der Waals surface area contributed by atoms with E-state index in [9.17, 15) is 14.4 Å². The van der Waals surface area contributed by atoms with Crippen molar-refractivity contribution >= 4 is 23.6 Å². The summed E-state index contributed by atoms with van der Waals surface area (Å²) in [5, 5.41) is 5.87. The van der Waals surface area contributed by atoms with Crippen molar-refractivity contribution in [3.8, 4) is 0 Å². The molecule has 0 spiro atoms. The monoisotopic (exact) mass is 387 g/mol. The molecule has 152 valence electrons. The summed E-state index contributed by atoms with van der Waals surface area (Å²) in [6, 6.07) is 6.96. The van der Waals surface area contributed by atoms with Crippen molar-refractivity contribution in [3.63, 3.8) is 0 Å². The maximum atomic E-state index is 12.6. The average Bonchev–Trinajstić information content (AvgIpc) is 3.52. The first-order valence-corrected chi connectivity index (χ1v) is 10.2. The van der Waals surface area contributed by atoms with E-state index in [2.05, 4.69) is 10.6 Å². The second kappa shape index (κ2) is 9.57. The highest BCUT2D eigenvalue weighted by Crippen LogP contribution is 2.22. The summed E-state index contributed by atoms with van der Waals surface area (Å²) in [5.41, 5.74) is 1.10. The zero-order valence-electron chi connectivity index (χ0n) is 16.4. The van der Waals surface area contributed by atoms with Gasteiger partial charge in [0.15, 0.2) is 0 Å². The maximum absolute atomic E-state index is 12.6. The standard InChI is InChI=1S/C21H29N3O4/c1-2-3-13-28-20(26)15-6-8-17(9-7-15)22-19(25)16-5-4-12-24(14-16)21(27)23-18-10-11-18/h6-9,16,18H,2-5,10-14H2,1H3,(H,22,25)(H,23,27). The fraction of sp³-hybridized carbons (Fsp3) is 0.571. The quantitative estimate of drug-likeness (QED) is 0.556. The minimum absolute atomic E-state index is 0.0639. The first-order chi connectivity index (χ1) is 13.6. The zero-order chi connectivity index (χ0) is 19.9. The number of carbonyl (C=O) groups excluding carboxylic acids is 3. The Bertz CT molecular complexity index is 700. The lowest BCUT2D eigenvalue weighted by molar-refractivity contribution is -0.121. The topological polar surface area (TPSA) is 87.7 Å². The van der Waals surface area contributed by atoms with Crippen LogP contribution in [0.15, 0.2) is 24.3 Å². The molecule has 1 aromatic carbocycles.